The van der Waals surface area contributed by atoms with Crippen LogP contribution in [0.2, 0.25) is 0 Å². The number of fused-ring (bicyclic) bond motifs is 1. The van der Waals surface area contributed by atoms with E-state index in [9.17, 15) is 9.90 Å². The number of thiophene rings is 1. The van der Waals surface area contributed by atoms with Crippen LogP contribution in [-0.2, 0) is 4.79 Å². The lowest BCUT2D eigenvalue weighted by Crippen LogP contribution is -2.50. The van der Waals surface area contributed by atoms with Crippen molar-refractivity contribution in [3.8, 4) is 0 Å². The zero-order valence-electron chi connectivity index (χ0n) is 10.5. The minimum Gasteiger partial charge on any atom is -0.480 e. The Morgan fingerprint density at radius 1 is 1.58 bits per heavy atom. The van der Waals surface area contributed by atoms with Crippen LogP contribution in [0.3, 0.4) is 0 Å². The lowest BCUT2D eigenvalue weighted by molar-refractivity contribution is -0.142. The van der Waals surface area contributed by atoms with Gasteiger partial charge in [-0.1, -0.05) is 0 Å². The number of hydrogen-bond donors (Lipinski definition) is 2. The van der Waals surface area contributed by atoms with Crippen LogP contribution in [0.15, 0.2) is 12.4 Å². The van der Waals surface area contributed by atoms with Crippen LogP contribution in [0.4, 0.5) is 5.82 Å². The third-order valence-electron chi connectivity index (χ3n) is 3.46. The number of nitrogens with zero attached hydrogens (tertiary/aromatic N) is 3. The van der Waals surface area contributed by atoms with Crippen LogP contribution in [0.5, 0.6) is 0 Å². The average Bonchev–Trinajstić information content (AvgIpc) is 2.91. The van der Waals surface area contributed by atoms with E-state index in [0.717, 1.165) is 20.9 Å². The van der Waals surface area contributed by atoms with Crippen LogP contribution in [0.25, 0.3) is 10.2 Å². The van der Waals surface area contributed by atoms with Gasteiger partial charge in [-0.15, -0.1) is 11.3 Å². The van der Waals surface area contributed by atoms with Gasteiger partial charge in [0.15, 0.2) is 0 Å². The van der Waals surface area contributed by atoms with Gasteiger partial charge in [0.1, 0.15) is 22.5 Å². The first kappa shape index (κ1) is 12.3. The second kappa shape index (κ2) is 4.14. The van der Waals surface area contributed by atoms with E-state index in [2.05, 4.69) is 9.97 Å². The molecule has 3 rings (SSSR count). The number of anilines is 1. The number of hydrogen-bond acceptors (Lipinski definition) is 6. The molecule has 2 aromatic heterocycles. The molecule has 100 valence electrons. The van der Waals surface area contributed by atoms with Crippen LogP contribution in [-0.4, -0.2) is 39.7 Å². The second-order valence-corrected chi connectivity index (χ2v) is 6.14. The number of carboxylic acid groups (broad SMARTS) is 1. The third kappa shape index (κ3) is 1.95. The predicted octanol–water partition coefficient (Wildman–Crippen LogP) is 0.992. The minimum absolute atomic E-state index is 0.281. The van der Waals surface area contributed by atoms with Crippen molar-refractivity contribution >= 4 is 33.3 Å². The molecule has 1 atom stereocenters. The van der Waals surface area contributed by atoms with Gasteiger partial charge in [0.2, 0.25) is 0 Å². The molecule has 3 heterocycles. The highest BCUT2D eigenvalue weighted by Gasteiger charge is 2.42. The summed E-state index contributed by atoms with van der Waals surface area (Å²) in [6.45, 7) is 2.90. The van der Waals surface area contributed by atoms with Gasteiger partial charge in [-0.3, -0.25) is 4.79 Å². The molecule has 1 unspecified atom stereocenters. The summed E-state index contributed by atoms with van der Waals surface area (Å²) < 4.78 is 0. The summed E-state index contributed by atoms with van der Waals surface area (Å²) in [4.78, 5) is 23.7. The first-order valence-corrected chi connectivity index (χ1v) is 6.80. The maximum Gasteiger partial charge on any atom is 0.325 e. The smallest absolute Gasteiger partial charge is 0.325 e. The standard InChI is InChI=1S/C12H14N4O2S/c1-7-4-8-9(14-6-15-10(8)19-7)16-3-2-12(13,5-16)11(17)18/h4,6H,2-3,5,13H2,1H3,(H,17,18). The molecule has 0 amide bonds. The molecule has 19 heavy (non-hydrogen) atoms. The van der Waals surface area contributed by atoms with Crippen molar-refractivity contribution in [1.82, 2.24) is 9.97 Å². The first-order valence-electron chi connectivity index (χ1n) is 5.98. The van der Waals surface area contributed by atoms with Gasteiger partial charge in [-0.05, 0) is 19.4 Å². The van der Waals surface area contributed by atoms with E-state index in [0.29, 0.717) is 13.0 Å². The normalized spacial score (nSPS) is 23.2. The Labute approximate surface area is 113 Å². The van der Waals surface area contributed by atoms with Crippen molar-refractivity contribution in [1.29, 1.82) is 0 Å². The molecule has 0 saturated carbocycles. The zero-order valence-corrected chi connectivity index (χ0v) is 11.3. The third-order valence-corrected chi connectivity index (χ3v) is 4.42. The van der Waals surface area contributed by atoms with E-state index in [1.165, 1.54) is 6.33 Å². The number of nitrogens with two attached hydrogens (primary N) is 1. The maximum atomic E-state index is 11.2. The highest BCUT2D eigenvalue weighted by atomic mass is 32.1. The monoisotopic (exact) mass is 278 g/mol. The minimum atomic E-state index is -1.18. The molecule has 0 radical (unpaired) electrons. The summed E-state index contributed by atoms with van der Waals surface area (Å²) in [6, 6.07) is 2.03. The Bertz CT molecular complexity index is 656. The number of rotatable bonds is 2. The molecule has 1 aliphatic rings. The Balaban J connectivity index is 2.00. The van der Waals surface area contributed by atoms with E-state index in [4.69, 9.17) is 5.73 Å². The Morgan fingerprint density at radius 2 is 2.37 bits per heavy atom. The van der Waals surface area contributed by atoms with Gasteiger partial charge in [0.05, 0.1) is 5.39 Å². The molecule has 6 nitrogen and oxygen atoms in total. The molecule has 0 spiro atoms. The van der Waals surface area contributed by atoms with Crippen LogP contribution in [0, 0.1) is 6.92 Å². The molecule has 2 aromatic rings. The Morgan fingerprint density at radius 3 is 3.05 bits per heavy atom. The van der Waals surface area contributed by atoms with E-state index in [-0.39, 0.29) is 6.54 Å². The number of carboxylic acids is 1. The fourth-order valence-corrected chi connectivity index (χ4v) is 3.25. The molecule has 0 aliphatic carbocycles. The highest BCUT2D eigenvalue weighted by Crippen LogP contribution is 2.32. The summed E-state index contributed by atoms with van der Waals surface area (Å²) in [5.74, 6) is -0.176. The van der Waals surface area contributed by atoms with E-state index in [1.807, 2.05) is 17.9 Å². The van der Waals surface area contributed by atoms with Crippen LogP contribution < -0.4 is 10.6 Å². The first-order chi connectivity index (χ1) is 8.99. The Hall–Kier alpha value is -1.73. The van der Waals surface area contributed by atoms with Gasteiger partial charge in [0.25, 0.3) is 0 Å². The summed E-state index contributed by atoms with van der Waals surface area (Å²) in [5, 5.41) is 10.1. The average molecular weight is 278 g/mol. The van der Waals surface area contributed by atoms with Crippen molar-refractivity contribution in [3.05, 3.63) is 17.3 Å². The van der Waals surface area contributed by atoms with Crippen molar-refractivity contribution < 1.29 is 9.90 Å². The lowest BCUT2D eigenvalue weighted by atomic mass is 10.0. The lowest BCUT2D eigenvalue weighted by Gasteiger charge is -2.21. The Kier molecular flexibility index (Phi) is 2.68. The van der Waals surface area contributed by atoms with Gasteiger partial charge < -0.3 is 15.7 Å². The number of aliphatic carboxylic acids is 1. The van der Waals surface area contributed by atoms with Gasteiger partial charge >= 0.3 is 5.97 Å². The molecule has 3 N–H and O–H groups in total. The molecule has 7 heteroatoms. The summed E-state index contributed by atoms with van der Waals surface area (Å²) >= 11 is 1.61. The topological polar surface area (TPSA) is 92.3 Å². The van der Waals surface area contributed by atoms with E-state index < -0.39 is 11.5 Å². The SMILES string of the molecule is Cc1cc2c(N3CCC(N)(C(=O)O)C3)ncnc2s1. The van der Waals surface area contributed by atoms with Crippen molar-refractivity contribution in [2.24, 2.45) is 5.73 Å². The summed E-state index contributed by atoms with van der Waals surface area (Å²) in [7, 11) is 0. The predicted molar refractivity (Wildman–Crippen MR) is 73.5 cm³/mol. The molecule has 0 bridgehead atoms. The summed E-state index contributed by atoms with van der Waals surface area (Å²) in [6.07, 6.45) is 1.95. The van der Waals surface area contributed by atoms with Gasteiger partial charge in [0, 0.05) is 18.0 Å². The molecular formula is C12H14N4O2S. The molecule has 1 fully saturated rings. The zero-order chi connectivity index (χ0) is 13.6. The van der Waals surface area contributed by atoms with Crippen LogP contribution >= 0.6 is 11.3 Å². The van der Waals surface area contributed by atoms with Gasteiger partial charge in [-0.2, -0.15) is 0 Å². The second-order valence-electron chi connectivity index (χ2n) is 4.91. The van der Waals surface area contributed by atoms with E-state index in [1.54, 1.807) is 11.3 Å². The van der Waals surface area contributed by atoms with Gasteiger partial charge in [-0.25, -0.2) is 9.97 Å². The quantitative estimate of drug-likeness (QED) is 0.851. The van der Waals surface area contributed by atoms with Crippen molar-refractivity contribution in [2.45, 2.75) is 18.9 Å². The maximum absolute atomic E-state index is 11.2. The summed E-state index contributed by atoms with van der Waals surface area (Å²) in [5.41, 5.74) is 4.72. The largest absolute Gasteiger partial charge is 0.480 e. The number of carbonyl (C=O) groups is 1. The molecule has 1 saturated heterocycles. The highest BCUT2D eigenvalue weighted by molar-refractivity contribution is 7.18. The van der Waals surface area contributed by atoms with Crippen molar-refractivity contribution in [2.75, 3.05) is 18.0 Å². The van der Waals surface area contributed by atoms with E-state index >= 15 is 0 Å². The fraction of sp³-hybridized carbons (Fsp3) is 0.417. The number of aromatic nitrogens is 2. The van der Waals surface area contributed by atoms with Crippen molar-refractivity contribution in [3.63, 3.8) is 0 Å². The number of aryl methyl sites for hydroxylation is 1. The van der Waals surface area contributed by atoms with Crippen LogP contribution in [0.1, 0.15) is 11.3 Å². The molecular weight excluding hydrogens is 264 g/mol. The molecule has 0 aromatic carbocycles. The fourth-order valence-electron chi connectivity index (χ4n) is 2.40. The molecule has 1 aliphatic heterocycles.